The van der Waals surface area contributed by atoms with Gasteiger partial charge >= 0.3 is 18.0 Å². The second-order valence-corrected chi connectivity index (χ2v) is 6.72. The molecule has 22 heavy (non-hydrogen) atoms. The molecule has 0 heterocycles. The molecule has 0 radical (unpaired) electrons. The van der Waals surface area contributed by atoms with Crippen LogP contribution in [0.5, 0.6) is 0 Å². The Hall–Kier alpha value is -1.79. The Morgan fingerprint density at radius 3 is 1.64 bits per heavy atom. The highest BCUT2D eigenvalue weighted by Crippen LogP contribution is 2.24. The maximum atomic E-state index is 11.9. The van der Waals surface area contributed by atoms with Crippen molar-refractivity contribution in [3.8, 4) is 0 Å². The van der Waals surface area contributed by atoms with Gasteiger partial charge in [-0.3, -0.25) is 9.59 Å². The lowest BCUT2D eigenvalue weighted by Crippen LogP contribution is -2.54. The third-order valence-corrected chi connectivity index (χ3v) is 2.93. The van der Waals surface area contributed by atoms with Crippen LogP contribution in [0.1, 0.15) is 55.4 Å². The number of nitrogens with one attached hydrogen (secondary N) is 1. The Labute approximate surface area is 131 Å². The predicted molar refractivity (Wildman–Crippen MR) is 79.9 cm³/mol. The molecule has 0 saturated heterocycles. The van der Waals surface area contributed by atoms with E-state index in [0.29, 0.717) is 0 Å². The number of esters is 2. The molecule has 0 aromatic heterocycles. The molecule has 0 saturated carbocycles. The number of rotatable bonds is 5. The van der Waals surface area contributed by atoms with Crippen LogP contribution in [0.3, 0.4) is 0 Å². The van der Waals surface area contributed by atoms with Crippen molar-refractivity contribution < 1.29 is 28.6 Å². The van der Waals surface area contributed by atoms with Gasteiger partial charge in [0.25, 0.3) is 6.29 Å². The predicted octanol–water partition coefficient (Wildman–Crippen LogP) is 2.38. The lowest BCUT2D eigenvalue weighted by atomic mass is 9.88. The van der Waals surface area contributed by atoms with E-state index >= 15 is 0 Å². The van der Waals surface area contributed by atoms with Gasteiger partial charge in [0.05, 0.1) is 5.92 Å². The van der Waals surface area contributed by atoms with E-state index in [2.05, 4.69) is 5.32 Å². The maximum absolute atomic E-state index is 11.9. The fraction of sp³-hybridized carbons (Fsp3) is 0.800. The normalized spacial score (nSPS) is 13.3. The molecule has 1 unspecified atom stereocenters. The lowest BCUT2D eigenvalue weighted by molar-refractivity contribution is -0.198. The zero-order valence-electron chi connectivity index (χ0n) is 14.6. The number of carbonyl (C=O) groups is 3. The van der Waals surface area contributed by atoms with Crippen LogP contribution in [0.2, 0.25) is 0 Å². The molecule has 1 N–H and O–H groups in total. The van der Waals surface area contributed by atoms with Crippen molar-refractivity contribution in [1.82, 2.24) is 5.32 Å². The van der Waals surface area contributed by atoms with Crippen molar-refractivity contribution in [1.29, 1.82) is 0 Å². The smallest absolute Gasteiger partial charge is 0.408 e. The standard InChI is InChI=1S/C15H27NO6/c1-9(12(20-10(2)17)21-11(3)18)15(7,8)16-13(19)22-14(4,5)6/h9,12H,1-8H3,(H,16,19). The van der Waals surface area contributed by atoms with E-state index in [4.69, 9.17) is 14.2 Å². The Bertz CT molecular complexity index is 408. The quantitative estimate of drug-likeness (QED) is 0.618. The Morgan fingerprint density at radius 2 is 1.32 bits per heavy atom. The number of hydrogen-bond donors (Lipinski definition) is 1. The van der Waals surface area contributed by atoms with Crippen molar-refractivity contribution in [2.75, 3.05) is 0 Å². The number of ether oxygens (including phenoxy) is 3. The van der Waals surface area contributed by atoms with E-state index in [-0.39, 0.29) is 0 Å². The summed E-state index contributed by atoms with van der Waals surface area (Å²) >= 11 is 0. The minimum atomic E-state index is -1.10. The molecule has 0 spiro atoms. The topological polar surface area (TPSA) is 90.9 Å². The molecule has 0 rings (SSSR count). The molecule has 0 bridgehead atoms. The molecule has 0 aromatic carbocycles. The summed E-state index contributed by atoms with van der Waals surface area (Å²) in [5.74, 6) is -1.65. The van der Waals surface area contributed by atoms with Crippen molar-refractivity contribution >= 4 is 18.0 Å². The summed E-state index contributed by atoms with van der Waals surface area (Å²) in [5, 5.41) is 2.70. The van der Waals surface area contributed by atoms with Gasteiger partial charge in [0.15, 0.2) is 0 Å². The average molecular weight is 317 g/mol. The Balaban J connectivity index is 4.99. The van der Waals surface area contributed by atoms with Gasteiger partial charge in [-0.15, -0.1) is 0 Å². The van der Waals surface area contributed by atoms with Gasteiger partial charge in [0.2, 0.25) is 0 Å². The molecule has 0 aliphatic rings. The second-order valence-electron chi connectivity index (χ2n) is 6.72. The Morgan fingerprint density at radius 1 is 0.909 bits per heavy atom. The maximum Gasteiger partial charge on any atom is 0.408 e. The molecular formula is C15H27NO6. The molecule has 1 amide bonds. The Kier molecular flexibility index (Phi) is 6.86. The fourth-order valence-corrected chi connectivity index (χ4v) is 1.58. The first-order valence-electron chi connectivity index (χ1n) is 7.10. The molecular weight excluding hydrogens is 290 g/mol. The third kappa shape index (κ3) is 7.85. The summed E-state index contributed by atoms with van der Waals surface area (Å²) < 4.78 is 15.2. The fourth-order valence-electron chi connectivity index (χ4n) is 1.58. The zero-order chi connectivity index (χ0) is 17.7. The second kappa shape index (κ2) is 7.47. The monoisotopic (exact) mass is 317 g/mol. The van der Waals surface area contributed by atoms with Gasteiger partial charge in [0, 0.05) is 19.4 Å². The summed E-state index contributed by atoms with van der Waals surface area (Å²) in [4.78, 5) is 34.2. The SMILES string of the molecule is CC(=O)OC(OC(C)=O)C(C)C(C)(C)NC(=O)OC(C)(C)C. The molecule has 1 atom stereocenters. The van der Waals surface area contributed by atoms with Crippen LogP contribution in [0.15, 0.2) is 0 Å². The summed E-state index contributed by atoms with van der Waals surface area (Å²) in [7, 11) is 0. The van der Waals surface area contributed by atoms with Gasteiger partial charge in [-0.1, -0.05) is 6.92 Å². The van der Waals surface area contributed by atoms with Gasteiger partial charge in [-0.05, 0) is 34.6 Å². The van der Waals surface area contributed by atoms with E-state index in [1.54, 1.807) is 41.5 Å². The van der Waals surface area contributed by atoms with Crippen molar-refractivity contribution in [3.63, 3.8) is 0 Å². The molecule has 0 aromatic rings. The van der Waals surface area contributed by atoms with Crippen molar-refractivity contribution in [3.05, 3.63) is 0 Å². The van der Waals surface area contributed by atoms with Crippen LogP contribution in [-0.2, 0) is 23.8 Å². The molecule has 0 aliphatic carbocycles. The van der Waals surface area contributed by atoms with Crippen LogP contribution in [0.4, 0.5) is 4.79 Å². The highest BCUT2D eigenvalue weighted by atomic mass is 16.7. The third-order valence-electron chi connectivity index (χ3n) is 2.93. The average Bonchev–Trinajstić information content (AvgIpc) is 2.21. The number of carbonyl (C=O) groups excluding carboxylic acids is 3. The van der Waals surface area contributed by atoms with Gasteiger partial charge in [-0.25, -0.2) is 4.79 Å². The van der Waals surface area contributed by atoms with Gasteiger partial charge in [0.1, 0.15) is 5.60 Å². The van der Waals surface area contributed by atoms with E-state index in [0.717, 1.165) is 0 Å². The number of alkyl carbamates (subject to hydrolysis) is 1. The van der Waals surface area contributed by atoms with E-state index < -0.39 is 41.4 Å². The number of hydrogen-bond acceptors (Lipinski definition) is 6. The first-order chi connectivity index (χ1) is 9.74. The van der Waals surface area contributed by atoms with Crippen LogP contribution in [0, 0.1) is 5.92 Å². The van der Waals surface area contributed by atoms with E-state index in [9.17, 15) is 14.4 Å². The van der Waals surface area contributed by atoms with Gasteiger partial charge < -0.3 is 19.5 Å². The summed E-state index contributed by atoms with van der Waals surface area (Å²) in [5.41, 5.74) is -1.47. The van der Waals surface area contributed by atoms with E-state index in [1.165, 1.54) is 13.8 Å². The van der Waals surface area contributed by atoms with E-state index in [1.807, 2.05) is 0 Å². The van der Waals surface area contributed by atoms with Gasteiger partial charge in [-0.2, -0.15) is 0 Å². The molecule has 128 valence electrons. The highest BCUT2D eigenvalue weighted by molar-refractivity contribution is 5.69. The number of amides is 1. The minimum Gasteiger partial charge on any atom is -0.444 e. The summed E-state index contributed by atoms with van der Waals surface area (Å²) in [6.45, 7) is 12.8. The van der Waals surface area contributed by atoms with Crippen LogP contribution >= 0.6 is 0 Å². The highest BCUT2D eigenvalue weighted by Gasteiger charge is 2.38. The largest absolute Gasteiger partial charge is 0.444 e. The summed E-state index contributed by atoms with van der Waals surface area (Å²) in [6.07, 6.45) is -1.70. The summed E-state index contributed by atoms with van der Waals surface area (Å²) in [6, 6.07) is 0. The minimum absolute atomic E-state index is 0.493. The van der Waals surface area contributed by atoms with Crippen LogP contribution in [0.25, 0.3) is 0 Å². The zero-order valence-corrected chi connectivity index (χ0v) is 14.6. The van der Waals surface area contributed by atoms with Crippen molar-refractivity contribution in [2.24, 2.45) is 5.92 Å². The van der Waals surface area contributed by atoms with Crippen LogP contribution in [-0.4, -0.2) is 35.5 Å². The first kappa shape index (κ1) is 20.2. The first-order valence-corrected chi connectivity index (χ1v) is 7.10. The molecule has 7 heteroatoms. The molecule has 7 nitrogen and oxygen atoms in total. The molecule has 0 aliphatic heterocycles. The lowest BCUT2D eigenvalue weighted by Gasteiger charge is -2.36. The van der Waals surface area contributed by atoms with Crippen LogP contribution < -0.4 is 5.32 Å². The molecule has 0 fully saturated rings. The van der Waals surface area contributed by atoms with Crippen molar-refractivity contribution in [2.45, 2.75) is 72.8 Å².